The first-order valence-electron chi connectivity index (χ1n) is 8.51. The van der Waals surface area contributed by atoms with Crippen LogP contribution in [0.1, 0.15) is 10.4 Å². The van der Waals surface area contributed by atoms with E-state index in [1.54, 1.807) is 12.1 Å². The number of pyridine rings is 1. The maximum Gasteiger partial charge on any atom is 0.297 e. The van der Waals surface area contributed by atoms with Crippen molar-refractivity contribution in [3.63, 3.8) is 0 Å². The van der Waals surface area contributed by atoms with Gasteiger partial charge in [-0.05, 0) is 18.2 Å². The number of aromatic nitrogens is 1. The molecule has 9 heteroatoms. The van der Waals surface area contributed by atoms with Crippen molar-refractivity contribution in [1.82, 2.24) is 20.1 Å². The number of nitrogens with zero attached hydrogens (tertiary/aromatic N) is 4. The average Bonchev–Trinajstić information content (AvgIpc) is 2.66. The van der Waals surface area contributed by atoms with Gasteiger partial charge in [0.25, 0.3) is 11.6 Å². The number of nitrogens with one attached hydrogen (secondary N) is 1. The number of piperazine rings is 3. The molecular weight excluding hydrogens is 358 g/mol. The van der Waals surface area contributed by atoms with Crippen LogP contribution in [0.3, 0.4) is 0 Å². The summed E-state index contributed by atoms with van der Waals surface area (Å²) in [6.45, 7) is 5.68. The highest BCUT2D eigenvalue weighted by Crippen LogP contribution is 2.34. The lowest BCUT2D eigenvalue weighted by atomic mass is 10.1. The molecule has 0 saturated carbocycles. The van der Waals surface area contributed by atoms with Crippen molar-refractivity contribution >= 4 is 34.1 Å². The van der Waals surface area contributed by atoms with Gasteiger partial charge in [-0.2, -0.15) is 0 Å². The highest BCUT2D eigenvalue weighted by Gasteiger charge is 2.32. The largest absolute Gasteiger partial charge is 0.350 e. The van der Waals surface area contributed by atoms with Gasteiger partial charge >= 0.3 is 0 Å². The number of benzene rings is 1. The number of nitro groups is 1. The quantitative estimate of drug-likeness (QED) is 0.643. The molecule has 0 spiro atoms. The van der Waals surface area contributed by atoms with E-state index in [-0.39, 0.29) is 39.1 Å². The van der Waals surface area contributed by atoms with Crippen LogP contribution < -0.4 is 5.32 Å². The Bertz CT molecular complexity index is 882. The summed E-state index contributed by atoms with van der Waals surface area (Å²) in [5.74, 6) is -0.317. The molecule has 3 aliphatic heterocycles. The lowest BCUT2D eigenvalue weighted by Crippen LogP contribution is -2.63. The van der Waals surface area contributed by atoms with Crippen molar-refractivity contribution in [3.8, 4) is 0 Å². The van der Waals surface area contributed by atoms with Gasteiger partial charge in [0.15, 0.2) is 0 Å². The monoisotopic (exact) mass is 375 g/mol. The molecule has 3 fully saturated rings. The third-order valence-corrected chi connectivity index (χ3v) is 5.42. The van der Waals surface area contributed by atoms with Crippen molar-refractivity contribution in [2.75, 3.05) is 39.3 Å². The molecule has 136 valence electrons. The zero-order valence-corrected chi connectivity index (χ0v) is 14.8. The fourth-order valence-electron chi connectivity index (χ4n) is 3.79. The van der Waals surface area contributed by atoms with Gasteiger partial charge in [-0.15, -0.1) is 0 Å². The van der Waals surface area contributed by atoms with E-state index >= 15 is 0 Å². The molecule has 2 bridgehead atoms. The Morgan fingerprint density at radius 1 is 1.38 bits per heavy atom. The summed E-state index contributed by atoms with van der Waals surface area (Å²) < 4.78 is 0. The second kappa shape index (κ2) is 6.79. The van der Waals surface area contributed by atoms with Gasteiger partial charge in [0.2, 0.25) is 0 Å². The minimum Gasteiger partial charge on any atom is -0.350 e. The van der Waals surface area contributed by atoms with Crippen LogP contribution in [0.2, 0.25) is 5.02 Å². The molecule has 0 aliphatic carbocycles. The maximum absolute atomic E-state index is 12.7. The average molecular weight is 376 g/mol. The van der Waals surface area contributed by atoms with E-state index in [1.165, 1.54) is 12.3 Å². The SMILES string of the molecule is O=C(NC[C@H]1CN2CCN1CC2)c1cc(Cl)c([N+](=O)[O-])c2cccnc12. The van der Waals surface area contributed by atoms with Gasteiger partial charge in [0.05, 0.1) is 21.4 Å². The van der Waals surface area contributed by atoms with Gasteiger partial charge in [0, 0.05) is 51.5 Å². The van der Waals surface area contributed by atoms with E-state index in [2.05, 4.69) is 20.1 Å². The van der Waals surface area contributed by atoms with Crippen LogP contribution in [-0.2, 0) is 0 Å². The molecule has 1 amide bonds. The molecule has 3 saturated heterocycles. The summed E-state index contributed by atoms with van der Waals surface area (Å²) in [5.41, 5.74) is 0.317. The van der Waals surface area contributed by atoms with Gasteiger partial charge in [-0.25, -0.2) is 0 Å². The van der Waals surface area contributed by atoms with Crippen LogP contribution in [-0.4, -0.2) is 70.9 Å². The Labute approximate surface area is 154 Å². The number of amides is 1. The standard InChI is InChI=1S/C17H18ClN5O3/c18-14-8-13(15-12(2-1-3-19-15)16(14)23(25)26)17(24)20-9-11-10-21-4-6-22(11)7-5-21/h1-3,8,11H,4-7,9-10H2,(H,20,24)/t11-/m0/s1. The summed E-state index contributed by atoms with van der Waals surface area (Å²) in [7, 11) is 0. The minimum atomic E-state index is -0.547. The van der Waals surface area contributed by atoms with Crippen molar-refractivity contribution in [2.45, 2.75) is 6.04 Å². The zero-order chi connectivity index (χ0) is 18.3. The molecule has 0 radical (unpaired) electrons. The Morgan fingerprint density at radius 2 is 2.15 bits per heavy atom. The molecule has 8 nitrogen and oxygen atoms in total. The van der Waals surface area contributed by atoms with Crippen molar-refractivity contribution in [3.05, 3.63) is 45.1 Å². The van der Waals surface area contributed by atoms with E-state index in [9.17, 15) is 14.9 Å². The predicted octanol–water partition coefficient (Wildman–Crippen LogP) is 1.53. The number of hydrogen-bond donors (Lipinski definition) is 1. The summed E-state index contributed by atoms with van der Waals surface area (Å²) in [5, 5.41) is 14.5. The van der Waals surface area contributed by atoms with E-state index in [4.69, 9.17) is 11.6 Å². The topological polar surface area (TPSA) is 91.6 Å². The number of halogens is 1. The molecule has 0 unspecified atom stereocenters. The van der Waals surface area contributed by atoms with Crippen LogP contribution in [0.5, 0.6) is 0 Å². The molecule has 1 atom stereocenters. The van der Waals surface area contributed by atoms with Crippen LogP contribution in [0.25, 0.3) is 10.9 Å². The Hall–Kier alpha value is -2.29. The molecule has 4 heterocycles. The number of carbonyl (C=O) groups is 1. The van der Waals surface area contributed by atoms with Gasteiger partial charge in [0.1, 0.15) is 5.02 Å². The van der Waals surface area contributed by atoms with Gasteiger partial charge in [-0.3, -0.25) is 29.7 Å². The van der Waals surface area contributed by atoms with Crippen LogP contribution in [0.15, 0.2) is 24.4 Å². The molecule has 1 N–H and O–H groups in total. The molecule has 1 aromatic carbocycles. The lowest BCUT2D eigenvalue weighted by Gasteiger charge is -2.47. The molecule has 1 aromatic heterocycles. The summed E-state index contributed by atoms with van der Waals surface area (Å²) >= 11 is 6.08. The van der Waals surface area contributed by atoms with E-state index in [0.29, 0.717) is 6.54 Å². The summed E-state index contributed by atoms with van der Waals surface area (Å²) in [6, 6.07) is 4.77. The van der Waals surface area contributed by atoms with Gasteiger partial charge < -0.3 is 5.32 Å². The van der Waals surface area contributed by atoms with Crippen LogP contribution in [0.4, 0.5) is 5.69 Å². The fourth-order valence-corrected chi connectivity index (χ4v) is 4.07. The maximum atomic E-state index is 12.7. The first kappa shape index (κ1) is 17.1. The molecule has 2 aromatic rings. The van der Waals surface area contributed by atoms with Crippen molar-refractivity contribution < 1.29 is 9.72 Å². The zero-order valence-electron chi connectivity index (χ0n) is 14.0. The Balaban J connectivity index is 1.59. The van der Waals surface area contributed by atoms with E-state index < -0.39 is 4.92 Å². The molecular formula is C17H18ClN5O3. The number of nitro benzene ring substituents is 1. The van der Waals surface area contributed by atoms with E-state index in [1.807, 2.05) is 0 Å². The first-order chi connectivity index (χ1) is 12.5. The number of fused-ring (bicyclic) bond motifs is 4. The predicted molar refractivity (Wildman–Crippen MR) is 97.5 cm³/mol. The lowest BCUT2D eigenvalue weighted by molar-refractivity contribution is -0.382. The smallest absolute Gasteiger partial charge is 0.297 e. The number of rotatable bonds is 4. The fraction of sp³-hybridized carbons (Fsp3) is 0.412. The number of hydrogen-bond acceptors (Lipinski definition) is 6. The third kappa shape index (κ3) is 3.00. The first-order valence-corrected chi connectivity index (χ1v) is 8.88. The second-order valence-corrected chi connectivity index (χ2v) is 7.02. The minimum absolute atomic E-state index is 0.0627. The van der Waals surface area contributed by atoms with Crippen molar-refractivity contribution in [1.29, 1.82) is 0 Å². The van der Waals surface area contributed by atoms with Crippen LogP contribution >= 0.6 is 11.6 Å². The normalized spacial score (nSPS) is 24.6. The third-order valence-electron chi connectivity index (χ3n) is 5.13. The van der Waals surface area contributed by atoms with Crippen LogP contribution in [0, 0.1) is 10.1 Å². The highest BCUT2D eigenvalue weighted by atomic mass is 35.5. The Morgan fingerprint density at radius 3 is 2.81 bits per heavy atom. The number of carbonyl (C=O) groups excluding carboxylic acids is 1. The molecule has 3 aliphatic rings. The summed E-state index contributed by atoms with van der Waals surface area (Å²) in [6.07, 6.45) is 1.51. The Kier molecular flexibility index (Phi) is 4.47. The highest BCUT2D eigenvalue weighted by molar-refractivity contribution is 6.35. The molecule has 5 rings (SSSR count). The summed E-state index contributed by atoms with van der Waals surface area (Å²) in [4.78, 5) is 32.5. The van der Waals surface area contributed by atoms with Crippen molar-refractivity contribution in [2.24, 2.45) is 0 Å². The van der Waals surface area contributed by atoms with Gasteiger partial charge in [-0.1, -0.05) is 11.6 Å². The van der Waals surface area contributed by atoms with E-state index in [0.717, 1.165) is 32.7 Å². The second-order valence-electron chi connectivity index (χ2n) is 6.61. The molecule has 26 heavy (non-hydrogen) atoms.